The monoisotopic (exact) mass is 379 g/mol. The number of carbonyl (C=O) groups is 5. The Labute approximate surface area is 148 Å². The van der Waals surface area contributed by atoms with E-state index in [4.69, 9.17) is 26.8 Å². The number of hydrogen-bond acceptors (Lipinski definition) is 8. The number of carbonyl (C=O) groups excluding carboxylic acids is 2. The second kappa shape index (κ2) is 10.6. The maximum atomic E-state index is 12.2. The highest BCUT2D eigenvalue weighted by Crippen LogP contribution is 2.12. The zero-order valence-electron chi connectivity index (χ0n) is 13.2. The first-order valence-electron chi connectivity index (χ1n) is 7.18. The van der Waals surface area contributed by atoms with Crippen molar-refractivity contribution in [3.63, 3.8) is 0 Å². The van der Waals surface area contributed by atoms with Crippen LogP contribution in [-0.4, -0.2) is 73.8 Å². The van der Waals surface area contributed by atoms with Gasteiger partial charge in [0.25, 0.3) is 0 Å². The van der Waals surface area contributed by atoms with Gasteiger partial charge < -0.3 is 26.8 Å². The van der Waals surface area contributed by atoms with E-state index in [-0.39, 0.29) is 18.6 Å². The summed E-state index contributed by atoms with van der Waals surface area (Å²) in [6, 6.07) is -4.27. The Bertz CT molecular complexity index is 505. The fraction of sp³-hybridized carbons (Fsp3) is 0.615. The Morgan fingerprint density at radius 3 is 1.40 bits per heavy atom. The number of amides is 2. The highest BCUT2D eigenvalue weighted by molar-refractivity contribution is 7.80. The fourth-order valence-electron chi connectivity index (χ4n) is 1.80. The van der Waals surface area contributed by atoms with Gasteiger partial charge in [-0.25, -0.2) is 4.79 Å². The largest absolute Gasteiger partial charge is 0.480 e. The molecule has 0 heterocycles. The molecule has 0 radical (unpaired) electrons. The van der Waals surface area contributed by atoms with E-state index in [0.717, 1.165) is 0 Å². The van der Waals surface area contributed by atoms with Crippen molar-refractivity contribution in [3.8, 4) is 0 Å². The van der Waals surface area contributed by atoms with E-state index in [1.165, 1.54) is 0 Å². The predicted molar refractivity (Wildman–Crippen MR) is 86.8 cm³/mol. The predicted octanol–water partition coefficient (Wildman–Crippen LogP) is -1.89. The van der Waals surface area contributed by atoms with Crippen LogP contribution in [0.2, 0.25) is 0 Å². The third kappa shape index (κ3) is 7.49. The average molecular weight is 379 g/mol. The van der Waals surface area contributed by atoms with E-state index >= 15 is 0 Å². The number of thiol groups is 1. The van der Waals surface area contributed by atoms with Gasteiger partial charge in [0.15, 0.2) is 0 Å². The molecule has 11 nitrogen and oxygen atoms in total. The van der Waals surface area contributed by atoms with Crippen LogP contribution in [0.3, 0.4) is 0 Å². The third-order valence-electron chi connectivity index (χ3n) is 3.28. The van der Waals surface area contributed by atoms with Crippen molar-refractivity contribution in [1.82, 2.24) is 4.90 Å². The molecule has 0 saturated heterocycles. The molecule has 142 valence electrons. The molecule has 0 aliphatic rings. The van der Waals surface area contributed by atoms with E-state index in [0.29, 0.717) is 4.90 Å². The molecule has 0 fully saturated rings. The molecule has 0 spiro atoms. The van der Waals surface area contributed by atoms with Gasteiger partial charge in [-0.15, -0.1) is 0 Å². The van der Waals surface area contributed by atoms with Crippen LogP contribution in [0.25, 0.3) is 0 Å². The molecule has 0 bridgehead atoms. The molecule has 3 atom stereocenters. The molecule has 0 aromatic rings. The lowest BCUT2D eigenvalue weighted by Crippen LogP contribution is -2.50. The summed E-state index contributed by atoms with van der Waals surface area (Å²) < 4.78 is 0. The first kappa shape index (κ1) is 22.8. The summed E-state index contributed by atoms with van der Waals surface area (Å²) in [7, 11) is 0. The number of hydrogen-bond donors (Lipinski definition) is 6. The van der Waals surface area contributed by atoms with Gasteiger partial charge in [0, 0.05) is 18.6 Å². The zero-order chi connectivity index (χ0) is 19.7. The van der Waals surface area contributed by atoms with Crippen LogP contribution in [0.5, 0.6) is 0 Å². The minimum atomic E-state index is -1.58. The lowest BCUT2D eigenvalue weighted by atomic mass is 10.1. The number of rotatable bonds is 11. The van der Waals surface area contributed by atoms with Crippen LogP contribution >= 0.6 is 12.6 Å². The van der Waals surface area contributed by atoms with E-state index in [1.54, 1.807) is 0 Å². The van der Waals surface area contributed by atoms with Gasteiger partial charge in [-0.2, -0.15) is 12.6 Å². The molecule has 2 amide bonds. The molecule has 0 unspecified atom stereocenters. The van der Waals surface area contributed by atoms with Crippen molar-refractivity contribution >= 4 is 42.4 Å². The Balaban J connectivity index is 5.17. The Morgan fingerprint density at radius 2 is 1.16 bits per heavy atom. The molecule has 7 N–H and O–H groups in total. The van der Waals surface area contributed by atoms with Gasteiger partial charge in [-0.3, -0.25) is 24.1 Å². The molecule has 0 saturated carbocycles. The number of imide groups is 1. The number of nitrogens with zero attached hydrogens (tertiary/aromatic N) is 1. The van der Waals surface area contributed by atoms with Crippen molar-refractivity contribution < 1.29 is 39.3 Å². The van der Waals surface area contributed by atoms with Gasteiger partial charge in [0.2, 0.25) is 11.8 Å². The number of nitrogens with two attached hydrogens (primary N) is 2. The highest BCUT2D eigenvalue weighted by Gasteiger charge is 2.34. The molecule has 0 aromatic heterocycles. The van der Waals surface area contributed by atoms with Gasteiger partial charge in [-0.05, 0) is 12.8 Å². The highest BCUT2D eigenvalue weighted by atomic mass is 32.1. The Kier molecular flexibility index (Phi) is 9.71. The zero-order valence-corrected chi connectivity index (χ0v) is 14.1. The number of carboxylic acids is 3. The smallest absolute Gasteiger partial charge is 0.327 e. The summed E-state index contributed by atoms with van der Waals surface area (Å²) in [6.45, 7) is 0. The summed E-state index contributed by atoms with van der Waals surface area (Å²) in [5.74, 6) is -6.42. The maximum Gasteiger partial charge on any atom is 0.327 e. The summed E-state index contributed by atoms with van der Waals surface area (Å²) in [4.78, 5) is 57.4. The minimum absolute atomic E-state index is 0.300. The van der Waals surface area contributed by atoms with E-state index in [1.807, 2.05) is 0 Å². The standard InChI is InChI=1S/C13H21N3O8S/c14-6(11(19)20)1-3-9(17)16(8(5-25)13(23)24)10(18)4-2-7(15)12(21)22/h6-8,25H,1-5,14-15H2,(H,19,20)(H,21,22)(H,23,24)/t6-,7-,8-/m0/s1. The maximum absolute atomic E-state index is 12.2. The summed E-state index contributed by atoms with van der Waals surface area (Å²) in [5, 5.41) is 26.5. The van der Waals surface area contributed by atoms with Gasteiger partial charge >= 0.3 is 17.9 Å². The van der Waals surface area contributed by atoms with E-state index in [2.05, 4.69) is 12.6 Å². The molecule has 0 rings (SSSR count). The minimum Gasteiger partial charge on any atom is -0.480 e. The second-order valence-electron chi connectivity index (χ2n) is 5.16. The fourth-order valence-corrected chi connectivity index (χ4v) is 2.12. The summed E-state index contributed by atoms with van der Waals surface area (Å²) >= 11 is 3.80. The number of aliphatic carboxylic acids is 3. The van der Waals surface area contributed by atoms with Crippen LogP contribution in [0.4, 0.5) is 0 Å². The SMILES string of the molecule is N[C@@H](CCC(=O)N(C(=O)CC[C@H](N)C(=O)O)[C@@H](CS)C(=O)O)C(=O)O. The van der Waals surface area contributed by atoms with E-state index < -0.39 is 60.7 Å². The Morgan fingerprint density at radius 1 is 0.800 bits per heavy atom. The van der Waals surface area contributed by atoms with Crippen molar-refractivity contribution in [1.29, 1.82) is 0 Å². The molecular weight excluding hydrogens is 358 g/mol. The molecular formula is C13H21N3O8S. The van der Waals surface area contributed by atoms with E-state index in [9.17, 15) is 24.0 Å². The van der Waals surface area contributed by atoms with Crippen molar-refractivity contribution in [3.05, 3.63) is 0 Å². The first-order valence-corrected chi connectivity index (χ1v) is 7.81. The van der Waals surface area contributed by atoms with Crippen molar-refractivity contribution in [2.24, 2.45) is 11.5 Å². The lowest BCUT2D eigenvalue weighted by molar-refractivity contribution is -0.157. The van der Waals surface area contributed by atoms with Crippen molar-refractivity contribution in [2.45, 2.75) is 43.8 Å². The molecule has 0 aliphatic carbocycles. The first-order chi connectivity index (χ1) is 11.5. The van der Waals surface area contributed by atoms with Gasteiger partial charge in [0.05, 0.1) is 0 Å². The Hall–Kier alpha value is -2.18. The molecule has 25 heavy (non-hydrogen) atoms. The summed E-state index contributed by atoms with van der Waals surface area (Å²) in [5.41, 5.74) is 10.5. The van der Waals surface area contributed by atoms with Crippen LogP contribution in [0.15, 0.2) is 0 Å². The number of carboxylic acid groups (broad SMARTS) is 3. The topological polar surface area (TPSA) is 201 Å². The van der Waals surface area contributed by atoms with Crippen LogP contribution in [-0.2, 0) is 24.0 Å². The van der Waals surface area contributed by atoms with Crippen molar-refractivity contribution in [2.75, 3.05) is 5.75 Å². The normalized spacial score (nSPS) is 14.2. The molecule has 0 aromatic carbocycles. The molecule has 12 heteroatoms. The third-order valence-corrected chi connectivity index (χ3v) is 3.63. The molecule has 0 aliphatic heterocycles. The van der Waals surface area contributed by atoms with Crippen LogP contribution in [0.1, 0.15) is 25.7 Å². The van der Waals surface area contributed by atoms with Gasteiger partial charge in [-0.1, -0.05) is 0 Å². The van der Waals surface area contributed by atoms with Crippen LogP contribution < -0.4 is 11.5 Å². The lowest BCUT2D eigenvalue weighted by Gasteiger charge is -2.27. The average Bonchev–Trinajstić information content (AvgIpc) is 2.53. The quantitative estimate of drug-likeness (QED) is 0.220. The second-order valence-corrected chi connectivity index (χ2v) is 5.53. The van der Waals surface area contributed by atoms with Gasteiger partial charge in [0.1, 0.15) is 18.1 Å². The van der Waals surface area contributed by atoms with Crippen LogP contribution in [0, 0.1) is 0 Å². The summed E-state index contributed by atoms with van der Waals surface area (Å²) in [6.07, 6.45) is -1.54.